The first kappa shape index (κ1) is 7.07. The molecule has 1 atom stereocenters. The second-order valence-electron chi connectivity index (χ2n) is 3.25. The van der Waals surface area contributed by atoms with Gasteiger partial charge in [-0.1, -0.05) is 13.8 Å². The number of hydrogen-bond acceptors (Lipinski definition) is 1. The van der Waals surface area contributed by atoms with Gasteiger partial charge >= 0.3 is 0 Å². The van der Waals surface area contributed by atoms with Gasteiger partial charge in [-0.25, -0.2) is 0 Å². The van der Waals surface area contributed by atoms with E-state index in [1.165, 1.54) is 0 Å². The van der Waals surface area contributed by atoms with Gasteiger partial charge in [-0.2, -0.15) is 0 Å². The molecule has 0 aromatic carbocycles. The summed E-state index contributed by atoms with van der Waals surface area (Å²) in [6.45, 7) is 3.91. The van der Waals surface area contributed by atoms with E-state index < -0.39 is 0 Å². The molecule has 2 heteroatoms. The molecule has 0 saturated heterocycles. The molecule has 0 aliphatic heterocycles. The monoisotopic (exact) mass is 146 g/mol. The predicted molar refractivity (Wildman–Crippen MR) is 37.7 cm³/mol. The lowest BCUT2D eigenvalue weighted by atomic mass is 9.91. The Morgan fingerprint density at radius 1 is 1.67 bits per heavy atom. The summed E-state index contributed by atoms with van der Waals surface area (Å²) in [6, 6.07) is 0. The Morgan fingerprint density at radius 2 is 2.22 bits per heavy atom. The molecule has 1 aliphatic carbocycles. The third kappa shape index (κ3) is 1.11. The molecule has 0 heterocycles. The molecule has 9 heavy (non-hydrogen) atoms. The van der Waals surface area contributed by atoms with E-state index in [1.54, 1.807) is 0 Å². The standard InChI is InChI=1S/C7H11ClO/c1-7(2)4-3-5(8)6(7)9/h5H,3-4H2,1-2H3/t5-/m0/s1. The molecule has 0 N–H and O–H groups in total. The Labute approximate surface area is 60.4 Å². The minimum atomic E-state index is -0.208. The number of carbonyl (C=O) groups excluding carboxylic acids is 1. The number of alkyl halides is 1. The van der Waals surface area contributed by atoms with Gasteiger partial charge in [-0.05, 0) is 12.8 Å². The average Bonchev–Trinajstić information content (AvgIpc) is 1.97. The first-order valence-corrected chi connectivity index (χ1v) is 3.66. The van der Waals surface area contributed by atoms with Gasteiger partial charge in [0.1, 0.15) is 0 Å². The maximum absolute atomic E-state index is 11.1. The van der Waals surface area contributed by atoms with Crippen LogP contribution in [0, 0.1) is 5.41 Å². The second-order valence-corrected chi connectivity index (χ2v) is 3.78. The van der Waals surface area contributed by atoms with Gasteiger partial charge in [0.2, 0.25) is 0 Å². The number of carbonyl (C=O) groups is 1. The van der Waals surface area contributed by atoms with E-state index >= 15 is 0 Å². The topological polar surface area (TPSA) is 17.1 Å². The van der Waals surface area contributed by atoms with Crippen molar-refractivity contribution < 1.29 is 4.79 Å². The van der Waals surface area contributed by atoms with Crippen molar-refractivity contribution in [3.63, 3.8) is 0 Å². The molecule has 0 spiro atoms. The average molecular weight is 147 g/mol. The fraction of sp³-hybridized carbons (Fsp3) is 0.857. The number of halogens is 1. The number of hydrogen-bond donors (Lipinski definition) is 0. The summed E-state index contributed by atoms with van der Waals surface area (Å²) in [7, 11) is 0. The van der Waals surface area contributed by atoms with Crippen LogP contribution < -0.4 is 0 Å². The summed E-state index contributed by atoms with van der Waals surface area (Å²) < 4.78 is 0. The lowest BCUT2D eigenvalue weighted by molar-refractivity contribution is -0.123. The van der Waals surface area contributed by atoms with Crippen molar-refractivity contribution in [2.45, 2.75) is 32.1 Å². The Kier molecular flexibility index (Phi) is 1.55. The quantitative estimate of drug-likeness (QED) is 0.478. The van der Waals surface area contributed by atoms with Crippen molar-refractivity contribution >= 4 is 17.4 Å². The number of Topliss-reactive ketones (excluding diaryl/α,β-unsaturated/α-hetero) is 1. The molecule has 52 valence electrons. The fourth-order valence-electron chi connectivity index (χ4n) is 1.17. The van der Waals surface area contributed by atoms with Crippen LogP contribution in [0.4, 0.5) is 0 Å². The van der Waals surface area contributed by atoms with E-state index in [4.69, 9.17) is 11.6 Å². The summed E-state index contributed by atoms with van der Waals surface area (Å²) in [5, 5.41) is -0.208. The van der Waals surface area contributed by atoms with E-state index in [-0.39, 0.29) is 16.6 Å². The third-order valence-corrected chi connectivity index (χ3v) is 2.39. The minimum Gasteiger partial charge on any atom is -0.297 e. The molecular weight excluding hydrogens is 136 g/mol. The summed E-state index contributed by atoms with van der Waals surface area (Å²) in [4.78, 5) is 11.1. The molecule has 1 rings (SSSR count). The van der Waals surface area contributed by atoms with E-state index in [1.807, 2.05) is 13.8 Å². The molecule has 0 bridgehead atoms. The van der Waals surface area contributed by atoms with Crippen LogP contribution in [0.15, 0.2) is 0 Å². The van der Waals surface area contributed by atoms with Crippen LogP contribution >= 0.6 is 11.6 Å². The largest absolute Gasteiger partial charge is 0.297 e. The summed E-state index contributed by atoms with van der Waals surface area (Å²) in [5.74, 6) is 0.212. The molecule has 0 aromatic heterocycles. The Bertz CT molecular complexity index is 140. The zero-order valence-electron chi connectivity index (χ0n) is 5.78. The first-order chi connectivity index (χ1) is 4.04. The minimum absolute atomic E-state index is 0.146. The highest BCUT2D eigenvalue weighted by atomic mass is 35.5. The van der Waals surface area contributed by atoms with Gasteiger partial charge in [0, 0.05) is 5.41 Å². The molecule has 1 fully saturated rings. The second kappa shape index (κ2) is 1.98. The summed E-state index contributed by atoms with van der Waals surface area (Å²) in [6.07, 6.45) is 1.80. The van der Waals surface area contributed by atoms with Crippen LogP contribution in [0.25, 0.3) is 0 Å². The van der Waals surface area contributed by atoms with Gasteiger partial charge < -0.3 is 0 Å². The van der Waals surface area contributed by atoms with Gasteiger partial charge in [-0.3, -0.25) is 4.79 Å². The fourth-order valence-corrected chi connectivity index (χ4v) is 1.57. The molecule has 0 aromatic rings. The SMILES string of the molecule is CC1(C)CC[C@H](Cl)C1=O. The van der Waals surface area contributed by atoms with Crippen molar-refractivity contribution in [2.75, 3.05) is 0 Å². The summed E-state index contributed by atoms with van der Waals surface area (Å²) >= 11 is 5.70. The van der Waals surface area contributed by atoms with Gasteiger partial charge in [-0.15, -0.1) is 11.6 Å². The van der Waals surface area contributed by atoms with Crippen LogP contribution in [0.3, 0.4) is 0 Å². The van der Waals surface area contributed by atoms with Crippen molar-refractivity contribution in [1.82, 2.24) is 0 Å². The van der Waals surface area contributed by atoms with Crippen molar-refractivity contribution in [3.05, 3.63) is 0 Å². The van der Waals surface area contributed by atoms with Crippen LogP contribution in [-0.2, 0) is 4.79 Å². The smallest absolute Gasteiger partial charge is 0.156 e. The van der Waals surface area contributed by atoms with Crippen LogP contribution in [0.5, 0.6) is 0 Å². The van der Waals surface area contributed by atoms with Crippen molar-refractivity contribution in [3.8, 4) is 0 Å². The maximum atomic E-state index is 11.1. The molecule has 1 nitrogen and oxygen atoms in total. The van der Waals surface area contributed by atoms with Crippen LogP contribution in [0.2, 0.25) is 0 Å². The Morgan fingerprint density at radius 3 is 2.33 bits per heavy atom. The maximum Gasteiger partial charge on any atom is 0.156 e. The van der Waals surface area contributed by atoms with Gasteiger partial charge in [0.05, 0.1) is 5.38 Å². The normalized spacial score (nSPS) is 33.2. The molecule has 0 amide bonds. The molecule has 1 saturated carbocycles. The van der Waals surface area contributed by atoms with E-state index in [0.29, 0.717) is 0 Å². The van der Waals surface area contributed by atoms with Crippen molar-refractivity contribution in [2.24, 2.45) is 5.41 Å². The zero-order chi connectivity index (χ0) is 7.07. The van der Waals surface area contributed by atoms with E-state index in [0.717, 1.165) is 12.8 Å². The van der Waals surface area contributed by atoms with Crippen LogP contribution in [0.1, 0.15) is 26.7 Å². The molecule has 0 radical (unpaired) electrons. The third-order valence-electron chi connectivity index (χ3n) is 1.97. The molecule has 1 aliphatic rings. The zero-order valence-corrected chi connectivity index (χ0v) is 6.53. The number of rotatable bonds is 0. The number of ketones is 1. The first-order valence-electron chi connectivity index (χ1n) is 3.22. The molecular formula is C7H11ClO. The Hall–Kier alpha value is -0.0400. The molecule has 0 unspecified atom stereocenters. The highest BCUT2D eigenvalue weighted by Gasteiger charge is 2.38. The van der Waals surface area contributed by atoms with Crippen molar-refractivity contribution in [1.29, 1.82) is 0 Å². The lowest BCUT2D eigenvalue weighted by Gasteiger charge is -2.12. The van der Waals surface area contributed by atoms with Crippen LogP contribution in [-0.4, -0.2) is 11.2 Å². The van der Waals surface area contributed by atoms with E-state index in [9.17, 15) is 4.79 Å². The lowest BCUT2D eigenvalue weighted by Crippen LogP contribution is -2.21. The van der Waals surface area contributed by atoms with Gasteiger partial charge in [0.25, 0.3) is 0 Å². The van der Waals surface area contributed by atoms with E-state index in [2.05, 4.69) is 0 Å². The Balaban J connectivity index is 2.74. The predicted octanol–water partition coefficient (Wildman–Crippen LogP) is 1.98. The van der Waals surface area contributed by atoms with Gasteiger partial charge in [0.15, 0.2) is 5.78 Å². The highest BCUT2D eigenvalue weighted by molar-refractivity contribution is 6.32. The summed E-state index contributed by atoms with van der Waals surface area (Å²) in [5.41, 5.74) is -0.146. The highest BCUT2D eigenvalue weighted by Crippen LogP contribution is 2.36.